The summed E-state index contributed by atoms with van der Waals surface area (Å²) in [5.74, 6) is 2.00. The quantitative estimate of drug-likeness (QED) is 0.202. The van der Waals surface area contributed by atoms with E-state index in [1.807, 2.05) is 48.5 Å². The van der Waals surface area contributed by atoms with E-state index in [0.29, 0.717) is 23.8 Å². The lowest BCUT2D eigenvalue weighted by molar-refractivity contribution is 0.0612. The van der Waals surface area contributed by atoms with Gasteiger partial charge >= 0.3 is 0 Å². The summed E-state index contributed by atoms with van der Waals surface area (Å²) in [6, 6.07) is 22.7. The number of ether oxygens (including phenoxy) is 1. The van der Waals surface area contributed by atoms with Gasteiger partial charge in [-0.05, 0) is 87.4 Å². The molecule has 244 valence electrons. The van der Waals surface area contributed by atoms with E-state index in [1.165, 1.54) is 12.8 Å². The maximum atomic E-state index is 13.8. The van der Waals surface area contributed by atoms with Gasteiger partial charge in [0.1, 0.15) is 16.9 Å². The lowest BCUT2D eigenvalue weighted by Gasteiger charge is -2.36. The van der Waals surface area contributed by atoms with Gasteiger partial charge in [0.05, 0.1) is 29.7 Å². The van der Waals surface area contributed by atoms with E-state index in [0.717, 1.165) is 81.0 Å². The molecule has 9 nitrogen and oxygen atoms in total. The fraction of sp³-hybridized carbons (Fsp3) is 0.333. The van der Waals surface area contributed by atoms with Gasteiger partial charge in [-0.15, -0.1) is 0 Å². The Labute approximate surface area is 280 Å². The van der Waals surface area contributed by atoms with Crippen molar-refractivity contribution in [1.82, 2.24) is 29.0 Å². The third-order valence-corrected chi connectivity index (χ3v) is 10.2. The van der Waals surface area contributed by atoms with Gasteiger partial charge in [-0.25, -0.2) is 9.97 Å². The highest BCUT2D eigenvalue weighted by atomic mass is 16.5. The van der Waals surface area contributed by atoms with Crippen molar-refractivity contribution in [2.24, 2.45) is 18.7 Å². The Morgan fingerprint density at radius 1 is 1.00 bits per heavy atom. The number of carbonyl (C=O) groups excluding carboxylic acids is 1. The smallest absolute Gasteiger partial charge is 0.254 e. The Kier molecular flexibility index (Phi) is 7.52. The average molecular weight is 640 g/mol. The number of likely N-dealkylation sites (tertiary alicyclic amines) is 1. The van der Waals surface area contributed by atoms with Gasteiger partial charge in [0.25, 0.3) is 5.91 Å². The molecule has 4 aromatic heterocycles. The molecule has 2 aromatic carbocycles. The number of methoxy groups -OCH3 is 1. The molecule has 1 amide bonds. The summed E-state index contributed by atoms with van der Waals surface area (Å²) in [6.45, 7) is 5.63. The molecule has 2 fully saturated rings. The third kappa shape index (κ3) is 5.22. The highest BCUT2D eigenvalue weighted by Gasteiger charge is 2.30. The van der Waals surface area contributed by atoms with Crippen molar-refractivity contribution in [3.05, 3.63) is 84.1 Å². The number of benzene rings is 2. The van der Waals surface area contributed by atoms with E-state index in [2.05, 4.69) is 59.4 Å². The number of rotatable bonds is 7. The number of hydrogen-bond acceptors (Lipinski definition) is 6. The highest BCUT2D eigenvalue weighted by Crippen LogP contribution is 2.39. The van der Waals surface area contributed by atoms with Crippen molar-refractivity contribution in [2.75, 3.05) is 13.7 Å². The number of pyridine rings is 2. The van der Waals surface area contributed by atoms with Gasteiger partial charge in [-0.3, -0.25) is 9.78 Å². The molecule has 1 aliphatic carbocycles. The zero-order chi connectivity index (χ0) is 33.1. The standard InChI is InChI=1S/C39H41N7O2/c1-23-16-17-41-35(26-8-6-5-7-9-26)34(23)30-15-13-27-19-32(46(37(27)42-30)21-25-11-12-25)38-43-31-18-28(20-33(48-4)36(31)44(38)3)39(47)45-22-29(40)14-10-24(45)2/h5-9,13,15-20,24-25,29H,10-12,14,21-22,40H2,1-4H3/t24-,29+/m0/s1. The summed E-state index contributed by atoms with van der Waals surface area (Å²) >= 11 is 0. The van der Waals surface area contributed by atoms with Gasteiger partial charge in [0.2, 0.25) is 0 Å². The van der Waals surface area contributed by atoms with Crippen LogP contribution in [0.25, 0.3) is 56.1 Å². The lowest BCUT2D eigenvalue weighted by Crippen LogP contribution is -2.50. The second kappa shape index (κ2) is 11.9. The number of piperidine rings is 1. The first kappa shape index (κ1) is 30.3. The number of imidazole rings is 1. The van der Waals surface area contributed by atoms with Crippen LogP contribution in [0.15, 0.2) is 72.9 Å². The fourth-order valence-electron chi connectivity index (χ4n) is 7.29. The maximum Gasteiger partial charge on any atom is 0.254 e. The summed E-state index contributed by atoms with van der Waals surface area (Å²) in [7, 11) is 3.67. The number of nitrogens with zero attached hydrogens (tertiary/aromatic N) is 6. The van der Waals surface area contributed by atoms with Crippen LogP contribution < -0.4 is 10.5 Å². The molecule has 2 aliphatic rings. The molecule has 1 saturated carbocycles. The van der Waals surface area contributed by atoms with E-state index in [1.54, 1.807) is 7.11 Å². The van der Waals surface area contributed by atoms with E-state index in [-0.39, 0.29) is 18.0 Å². The monoisotopic (exact) mass is 639 g/mol. The summed E-state index contributed by atoms with van der Waals surface area (Å²) in [6.07, 6.45) is 6.11. The number of carbonyl (C=O) groups is 1. The minimum absolute atomic E-state index is 0.00765. The first-order valence-electron chi connectivity index (χ1n) is 16.9. The minimum atomic E-state index is -0.0369. The molecule has 1 saturated heterocycles. The Balaban J connectivity index is 1.26. The molecule has 6 aromatic rings. The topological polar surface area (TPSA) is 104 Å². The van der Waals surface area contributed by atoms with Gasteiger partial charge in [0, 0.05) is 60.5 Å². The second-order valence-corrected chi connectivity index (χ2v) is 13.6. The van der Waals surface area contributed by atoms with Crippen molar-refractivity contribution in [1.29, 1.82) is 0 Å². The summed E-state index contributed by atoms with van der Waals surface area (Å²) in [5.41, 5.74) is 15.4. The zero-order valence-electron chi connectivity index (χ0n) is 28.0. The second-order valence-electron chi connectivity index (χ2n) is 13.6. The van der Waals surface area contributed by atoms with Crippen LogP contribution in [0.5, 0.6) is 5.75 Å². The van der Waals surface area contributed by atoms with Crippen LogP contribution in [0, 0.1) is 12.8 Å². The van der Waals surface area contributed by atoms with E-state index in [4.69, 9.17) is 25.4 Å². The van der Waals surface area contributed by atoms with Crippen molar-refractivity contribution in [3.8, 4) is 39.8 Å². The predicted molar refractivity (Wildman–Crippen MR) is 190 cm³/mol. The number of hydrogen-bond donors (Lipinski definition) is 1. The Morgan fingerprint density at radius 2 is 1.81 bits per heavy atom. The lowest BCUT2D eigenvalue weighted by atomic mass is 9.98. The van der Waals surface area contributed by atoms with Crippen LogP contribution in [-0.2, 0) is 13.6 Å². The Hall–Kier alpha value is -5.02. The Morgan fingerprint density at radius 3 is 2.58 bits per heavy atom. The zero-order valence-corrected chi connectivity index (χ0v) is 28.0. The molecule has 48 heavy (non-hydrogen) atoms. The van der Waals surface area contributed by atoms with Crippen molar-refractivity contribution >= 4 is 28.0 Å². The SMILES string of the molecule is COc1cc(C(=O)N2C[C@H](N)CC[C@@H]2C)cc2nc(-c3cc4ccc(-c5c(C)ccnc5-c5ccccc5)nc4n3CC3CC3)n(C)c12. The van der Waals surface area contributed by atoms with E-state index in [9.17, 15) is 4.79 Å². The first-order chi connectivity index (χ1) is 23.3. The van der Waals surface area contributed by atoms with Crippen LogP contribution in [0.1, 0.15) is 48.5 Å². The summed E-state index contributed by atoms with van der Waals surface area (Å²) in [5, 5.41) is 1.06. The van der Waals surface area contributed by atoms with Crippen LogP contribution in [-0.4, -0.2) is 60.6 Å². The molecule has 0 unspecified atom stereocenters. The van der Waals surface area contributed by atoms with E-state index >= 15 is 0 Å². The molecular weight excluding hydrogens is 598 g/mol. The number of fused-ring (bicyclic) bond motifs is 2. The van der Waals surface area contributed by atoms with Crippen LogP contribution >= 0.6 is 0 Å². The maximum absolute atomic E-state index is 13.8. The van der Waals surface area contributed by atoms with Crippen molar-refractivity contribution in [2.45, 2.75) is 58.2 Å². The summed E-state index contributed by atoms with van der Waals surface area (Å²) in [4.78, 5) is 31.0. The molecule has 0 spiro atoms. The predicted octanol–water partition coefficient (Wildman–Crippen LogP) is 7.00. The van der Waals surface area contributed by atoms with Crippen molar-refractivity contribution < 1.29 is 9.53 Å². The molecule has 5 heterocycles. The molecule has 9 heteroatoms. The van der Waals surface area contributed by atoms with Crippen LogP contribution in [0.3, 0.4) is 0 Å². The molecule has 2 N–H and O–H groups in total. The normalized spacial score (nSPS) is 18.1. The van der Waals surface area contributed by atoms with Crippen LogP contribution in [0.2, 0.25) is 0 Å². The molecule has 1 aliphatic heterocycles. The van der Waals surface area contributed by atoms with E-state index < -0.39 is 0 Å². The van der Waals surface area contributed by atoms with Crippen LogP contribution in [0.4, 0.5) is 0 Å². The van der Waals surface area contributed by atoms with Gasteiger partial charge in [-0.1, -0.05) is 30.3 Å². The minimum Gasteiger partial charge on any atom is -0.494 e. The van der Waals surface area contributed by atoms with Gasteiger partial charge < -0.3 is 24.5 Å². The third-order valence-electron chi connectivity index (χ3n) is 10.2. The fourth-order valence-corrected chi connectivity index (χ4v) is 7.29. The largest absolute Gasteiger partial charge is 0.494 e. The highest BCUT2D eigenvalue weighted by molar-refractivity contribution is 6.00. The molecule has 0 radical (unpaired) electrons. The molecule has 0 bridgehead atoms. The molecule has 2 atom stereocenters. The number of nitrogens with two attached hydrogens (primary N) is 1. The first-order valence-corrected chi connectivity index (χ1v) is 16.9. The number of aryl methyl sites for hydroxylation is 2. The number of amides is 1. The average Bonchev–Trinajstić information content (AvgIpc) is 3.78. The van der Waals surface area contributed by atoms with Gasteiger partial charge in [-0.2, -0.15) is 0 Å². The molecule has 8 rings (SSSR count). The summed E-state index contributed by atoms with van der Waals surface area (Å²) < 4.78 is 10.3. The van der Waals surface area contributed by atoms with Crippen molar-refractivity contribution in [3.63, 3.8) is 0 Å². The molecular formula is C39H41N7O2. The Bertz CT molecular complexity index is 2180. The number of aromatic nitrogens is 5. The van der Waals surface area contributed by atoms with Gasteiger partial charge in [0.15, 0.2) is 5.82 Å².